The molecule has 4 heterocycles. The van der Waals surface area contributed by atoms with Gasteiger partial charge in [0.2, 0.25) is 0 Å². The van der Waals surface area contributed by atoms with Gasteiger partial charge in [-0.15, -0.1) is 45.3 Å². The third-order valence-corrected chi connectivity index (χ3v) is 12.7. The fraction of sp³-hybridized carbons (Fsp3) is 0.316. The second-order valence-corrected chi connectivity index (χ2v) is 15.3. The Morgan fingerprint density at radius 1 is 0.452 bits per heavy atom. The zero-order valence-corrected chi connectivity index (χ0v) is 28.1. The van der Waals surface area contributed by atoms with Gasteiger partial charge in [-0.05, 0) is 106 Å². The van der Waals surface area contributed by atoms with E-state index in [1.807, 2.05) is 45.3 Å². The molecule has 0 unspecified atom stereocenters. The van der Waals surface area contributed by atoms with E-state index in [4.69, 9.17) is 0 Å². The Kier molecular flexibility index (Phi) is 10.1. The van der Waals surface area contributed by atoms with Crippen LogP contribution < -0.4 is 0 Å². The minimum Gasteiger partial charge on any atom is -0.143 e. The lowest BCUT2D eigenvalue weighted by atomic mass is 9.98. The van der Waals surface area contributed by atoms with Crippen molar-refractivity contribution in [2.75, 3.05) is 0 Å². The third kappa shape index (κ3) is 6.83. The summed E-state index contributed by atoms with van der Waals surface area (Å²) in [5, 5.41) is 7.41. The number of hydrogen-bond donors (Lipinski definition) is 0. The highest BCUT2D eigenvalue weighted by atomic mass is 32.1. The number of rotatable bonds is 14. The van der Waals surface area contributed by atoms with E-state index in [9.17, 15) is 0 Å². The average molecular weight is 625 g/mol. The van der Waals surface area contributed by atoms with Gasteiger partial charge in [0.1, 0.15) is 0 Å². The molecule has 0 N–H and O–H groups in total. The van der Waals surface area contributed by atoms with Crippen molar-refractivity contribution in [3.8, 4) is 40.4 Å². The lowest BCUT2D eigenvalue weighted by molar-refractivity contribution is 0.667. The highest BCUT2D eigenvalue weighted by Gasteiger charge is 2.15. The molecule has 0 radical (unpaired) electrons. The molecule has 0 saturated heterocycles. The maximum Gasteiger partial charge on any atom is 0.0449 e. The van der Waals surface area contributed by atoms with E-state index < -0.39 is 0 Å². The maximum atomic E-state index is 2.42. The van der Waals surface area contributed by atoms with Crippen molar-refractivity contribution in [3.05, 3.63) is 94.7 Å². The lowest BCUT2D eigenvalue weighted by Gasteiger charge is -2.09. The van der Waals surface area contributed by atoms with Crippen LogP contribution in [0.2, 0.25) is 0 Å². The SMILES string of the molecule is CCCCCCc1csc(-c2ccc(-c3ccc(-c4ccc(-c5cc(CCCCCC)cs5)s4)c4ccccc34)s2)c1. The van der Waals surface area contributed by atoms with Gasteiger partial charge < -0.3 is 0 Å². The molecule has 0 spiro atoms. The highest BCUT2D eigenvalue weighted by Crippen LogP contribution is 2.44. The number of unbranched alkanes of at least 4 members (excludes halogenated alkanes) is 6. The Labute approximate surface area is 267 Å². The van der Waals surface area contributed by atoms with Gasteiger partial charge in [0.15, 0.2) is 0 Å². The smallest absolute Gasteiger partial charge is 0.0449 e. The van der Waals surface area contributed by atoms with Crippen molar-refractivity contribution in [1.29, 1.82) is 0 Å². The second-order valence-electron chi connectivity index (χ2n) is 11.3. The van der Waals surface area contributed by atoms with Crippen LogP contribution in [0.1, 0.15) is 76.3 Å². The molecule has 4 heteroatoms. The molecule has 0 aliphatic heterocycles. The minimum atomic E-state index is 1.21. The molecule has 0 saturated carbocycles. The molecule has 6 aromatic rings. The normalized spacial score (nSPS) is 11.6. The van der Waals surface area contributed by atoms with Gasteiger partial charge in [0.05, 0.1) is 0 Å². The van der Waals surface area contributed by atoms with Crippen LogP contribution in [-0.2, 0) is 12.8 Å². The van der Waals surface area contributed by atoms with E-state index in [2.05, 4.69) is 97.4 Å². The molecule has 0 aliphatic carbocycles. The number of fused-ring (bicyclic) bond motifs is 1. The van der Waals surface area contributed by atoms with Crippen LogP contribution in [0.4, 0.5) is 0 Å². The Hall–Kier alpha value is -2.50. The summed E-state index contributed by atoms with van der Waals surface area (Å²) >= 11 is 7.65. The van der Waals surface area contributed by atoms with Crippen LogP contribution in [-0.4, -0.2) is 0 Å². The zero-order chi connectivity index (χ0) is 28.7. The molecular formula is C38H40S4. The molecule has 6 rings (SSSR count). The fourth-order valence-electron chi connectivity index (χ4n) is 5.74. The van der Waals surface area contributed by atoms with E-state index >= 15 is 0 Å². The van der Waals surface area contributed by atoms with Gasteiger partial charge in [-0.3, -0.25) is 0 Å². The second kappa shape index (κ2) is 14.3. The summed E-state index contributed by atoms with van der Waals surface area (Å²) in [5.41, 5.74) is 5.67. The topological polar surface area (TPSA) is 0 Å². The molecule has 42 heavy (non-hydrogen) atoms. The number of aryl methyl sites for hydroxylation is 2. The predicted molar refractivity (Wildman–Crippen MR) is 193 cm³/mol. The lowest BCUT2D eigenvalue weighted by Crippen LogP contribution is -1.82. The largest absolute Gasteiger partial charge is 0.143 e. The zero-order valence-electron chi connectivity index (χ0n) is 24.8. The van der Waals surface area contributed by atoms with Crippen LogP contribution in [0, 0.1) is 0 Å². The van der Waals surface area contributed by atoms with Gasteiger partial charge in [0, 0.05) is 29.3 Å². The van der Waals surface area contributed by atoms with Crippen LogP contribution >= 0.6 is 45.3 Å². The molecule has 0 aliphatic rings. The Balaban J connectivity index is 1.22. The van der Waals surface area contributed by atoms with Crippen molar-refractivity contribution in [3.63, 3.8) is 0 Å². The fourth-order valence-corrected chi connectivity index (χ4v) is 9.93. The number of hydrogen-bond acceptors (Lipinski definition) is 4. The number of thiophene rings is 4. The Morgan fingerprint density at radius 3 is 1.36 bits per heavy atom. The first kappa shape index (κ1) is 29.6. The van der Waals surface area contributed by atoms with Crippen LogP contribution in [0.3, 0.4) is 0 Å². The maximum absolute atomic E-state index is 2.42. The number of benzene rings is 2. The average Bonchev–Trinajstić information content (AvgIpc) is 3.84. The quantitative estimate of drug-likeness (QED) is 0.106. The summed E-state index contributed by atoms with van der Waals surface area (Å²) in [6.07, 6.45) is 13.0. The van der Waals surface area contributed by atoms with E-state index in [1.165, 1.54) is 126 Å². The molecule has 4 aromatic heterocycles. The van der Waals surface area contributed by atoms with Crippen molar-refractivity contribution in [2.45, 2.75) is 78.1 Å². The van der Waals surface area contributed by atoms with E-state index in [1.54, 1.807) is 0 Å². The molecule has 0 fully saturated rings. The molecule has 0 amide bonds. The van der Waals surface area contributed by atoms with E-state index in [0.717, 1.165) is 0 Å². The van der Waals surface area contributed by atoms with Crippen molar-refractivity contribution in [2.24, 2.45) is 0 Å². The third-order valence-electron chi connectivity index (χ3n) is 8.10. The molecule has 0 atom stereocenters. The minimum absolute atomic E-state index is 1.21. The summed E-state index contributed by atoms with van der Waals surface area (Å²) in [7, 11) is 0. The standard InChI is InChI=1S/C38H40S4/c1-3-5-7-9-13-27-23-37(39-25-27)35-21-19-33(41-35)31-17-18-32(30-16-12-11-15-29(30)31)34-20-22-36(42-34)38-24-28(26-40-38)14-10-8-6-4-2/h11-12,15-26H,3-10,13-14H2,1-2H3. The summed E-state index contributed by atoms with van der Waals surface area (Å²) in [4.78, 5) is 8.27. The van der Waals surface area contributed by atoms with E-state index in [0.29, 0.717) is 0 Å². The molecule has 216 valence electrons. The Morgan fingerprint density at radius 2 is 0.905 bits per heavy atom. The predicted octanol–water partition coefficient (Wildman–Crippen LogP) is 14.0. The van der Waals surface area contributed by atoms with Crippen molar-refractivity contribution >= 4 is 56.1 Å². The Bertz CT molecular complexity index is 1600. The van der Waals surface area contributed by atoms with Gasteiger partial charge in [-0.2, -0.15) is 0 Å². The van der Waals surface area contributed by atoms with Gasteiger partial charge in [-0.1, -0.05) is 88.8 Å². The first-order valence-electron chi connectivity index (χ1n) is 15.6. The summed E-state index contributed by atoms with van der Waals surface area (Å²) in [5.74, 6) is 0. The molecule has 0 bridgehead atoms. The summed E-state index contributed by atoms with van der Waals surface area (Å²) in [6, 6.07) is 27.8. The molecule has 0 nitrogen and oxygen atoms in total. The molecular weight excluding hydrogens is 585 g/mol. The van der Waals surface area contributed by atoms with Crippen LogP contribution in [0.25, 0.3) is 51.2 Å². The van der Waals surface area contributed by atoms with Gasteiger partial charge in [-0.25, -0.2) is 0 Å². The van der Waals surface area contributed by atoms with Gasteiger partial charge >= 0.3 is 0 Å². The summed E-state index contributed by atoms with van der Waals surface area (Å²) < 4.78 is 0. The van der Waals surface area contributed by atoms with Crippen LogP contribution in [0.5, 0.6) is 0 Å². The summed E-state index contributed by atoms with van der Waals surface area (Å²) in [6.45, 7) is 4.56. The monoisotopic (exact) mass is 624 g/mol. The highest BCUT2D eigenvalue weighted by molar-refractivity contribution is 7.24. The van der Waals surface area contributed by atoms with Crippen molar-refractivity contribution in [1.82, 2.24) is 0 Å². The first-order valence-corrected chi connectivity index (χ1v) is 19.0. The first-order chi connectivity index (χ1) is 20.7. The molecule has 2 aromatic carbocycles. The van der Waals surface area contributed by atoms with Gasteiger partial charge in [0.25, 0.3) is 0 Å². The van der Waals surface area contributed by atoms with Crippen molar-refractivity contribution < 1.29 is 0 Å². The van der Waals surface area contributed by atoms with E-state index in [-0.39, 0.29) is 0 Å². The van der Waals surface area contributed by atoms with Crippen LogP contribution in [0.15, 0.2) is 83.6 Å².